The smallest absolute Gasteiger partial charge is 0.318 e. The number of hydrogen-bond acceptors (Lipinski definition) is 5. The molecule has 24 heavy (non-hydrogen) atoms. The summed E-state index contributed by atoms with van der Waals surface area (Å²) in [5.74, 6) is 1.47. The third-order valence-electron chi connectivity index (χ3n) is 4.23. The molecule has 1 N–H and O–H groups in total. The number of urea groups is 1. The van der Waals surface area contributed by atoms with Crippen molar-refractivity contribution in [2.75, 3.05) is 13.1 Å². The first-order valence-corrected chi connectivity index (χ1v) is 8.09. The minimum absolute atomic E-state index is 0.00526. The van der Waals surface area contributed by atoms with Crippen LogP contribution < -0.4 is 10.1 Å². The van der Waals surface area contributed by atoms with Crippen LogP contribution in [0.2, 0.25) is 0 Å². The van der Waals surface area contributed by atoms with Crippen molar-refractivity contribution in [1.29, 1.82) is 0 Å². The van der Waals surface area contributed by atoms with Crippen molar-refractivity contribution in [1.82, 2.24) is 20.4 Å². The standard InChI is InChI=1S/C17H22N4O3/c1-11(16-12(2)20-24-13(16)3)19-17(22)21-8-6-15(10-21)23-14-5-4-7-18-9-14/h4-5,7,9,11,15H,6,8,10H2,1-3H3,(H,19,22)/t11-,15+/m1/s1. The summed E-state index contributed by atoms with van der Waals surface area (Å²) in [5, 5.41) is 6.94. The number of likely N-dealkylation sites (tertiary alicyclic amines) is 1. The van der Waals surface area contributed by atoms with Gasteiger partial charge in [-0.2, -0.15) is 0 Å². The molecule has 2 atom stereocenters. The van der Waals surface area contributed by atoms with E-state index in [1.807, 2.05) is 32.9 Å². The summed E-state index contributed by atoms with van der Waals surface area (Å²) in [5.41, 5.74) is 1.74. The minimum Gasteiger partial charge on any atom is -0.487 e. The maximum Gasteiger partial charge on any atom is 0.318 e. The lowest BCUT2D eigenvalue weighted by Gasteiger charge is -2.21. The van der Waals surface area contributed by atoms with E-state index in [1.165, 1.54) is 0 Å². The fourth-order valence-corrected chi connectivity index (χ4v) is 3.08. The molecule has 3 rings (SSSR count). The molecule has 0 saturated carbocycles. The molecule has 1 fully saturated rings. The van der Waals surface area contributed by atoms with Crippen LogP contribution in [-0.4, -0.2) is 40.3 Å². The molecule has 0 spiro atoms. The summed E-state index contributed by atoms with van der Waals surface area (Å²) in [6, 6.07) is 3.46. The number of hydrogen-bond donors (Lipinski definition) is 1. The molecule has 7 nitrogen and oxygen atoms in total. The minimum atomic E-state index is -0.151. The van der Waals surface area contributed by atoms with E-state index in [9.17, 15) is 4.79 Å². The molecular weight excluding hydrogens is 308 g/mol. The third kappa shape index (κ3) is 3.50. The van der Waals surface area contributed by atoms with Crippen molar-refractivity contribution in [2.45, 2.75) is 39.3 Å². The number of ether oxygens (including phenoxy) is 1. The van der Waals surface area contributed by atoms with E-state index in [0.717, 1.165) is 29.2 Å². The van der Waals surface area contributed by atoms with Crippen molar-refractivity contribution < 1.29 is 14.1 Å². The SMILES string of the molecule is Cc1noc(C)c1[C@@H](C)NC(=O)N1CC[C@H](Oc2cccnc2)C1. The van der Waals surface area contributed by atoms with Crippen LogP contribution in [0.5, 0.6) is 5.75 Å². The zero-order valence-electron chi connectivity index (χ0n) is 14.2. The average molecular weight is 330 g/mol. The lowest BCUT2D eigenvalue weighted by atomic mass is 10.1. The zero-order valence-corrected chi connectivity index (χ0v) is 14.2. The predicted octanol–water partition coefficient (Wildman–Crippen LogP) is 2.61. The molecule has 1 saturated heterocycles. The molecule has 0 bridgehead atoms. The number of carbonyl (C=O) groups is 1. The van der Waals surface area contributed by atoms with Crippen LogP contribution in [0.4, 0.5) is 4.79 Å². The highest BCUT2D eigenvalue weighted by Crippen LogP contribution is 2.22. The Hall–Kier alpha value is -2.57. The Bertz CT molecular complexity index is 682. The van der Waals surface area contributed by atoms with Gasteiger partial charge in [-0.1, -0.05) is 5.16 Å². The molecular formula is C17H22N4O3. The second-order valence-electron chi connectivity index (χ2n) is 6.07. The van der Waals surface area contributed by atoms with Crippen LogP contribution >= 0.6 is 0 Å². The van der Waals surface area contributed by atoms with Gasteiger partial charge in [-0.05, 0) is 32.9 Å². The number of amides is 2. The Morgan fingerprint density at radius 3 is 3.00 bits per heavy atom. The van der Waals surface area contributed by atoms with Gasteiger partial charge in [-0.15, -0.1) is 0 Å². The number of carbonyl (C=O) groups excluding carboxylic acids is 1. The largest absolute Gasteiger partial charge is 0.487 e. The second-order valence-corrected chi connectivity index (χ2v) is 6.07. The highest BCUT2D eigenvalue weighted by molar-refractivity contribution is 5.75. The van der Waals surface area contributed by atoms with Crippen LogP contribution in [0.25, 0.3) is 0 Å². The Morgan fingerprint density at radius 1 is 1.50 bits per heavy atom. The first kappa shape index (κ1) is 16.3. The van der Waals surface area contributed by atoms with Gasteiger partial charge in [0.2, 0.25) is 0 Å². The Morgan fingerprint density at radius 2 is 2.33 bits per heavy atom. The normalized spacial score (nSPS) is 18.5. The molecule has 7 heteroatoms. The second kappa shape index (κ2) is 6.90. The van der Waals surface area contributed by atoms with Crippen LogP contribution in [0.15, 0.2) is 29.0 Å². The van der Waals surface area contributed by atoms with Crippen molar-refractivity contribution >= 4 is 6.03 Å². The van der Waals surface area contributed by atoms with Gasteiger partial charge in [0.25, 0.3) is 0 Å². The molecule has 0 radical (unpaired) electrons. The van der Waals surface area contributed by atoms with Crippen molar-refractivity contribution in [3.8, 4) is 5.75 Å². The van der Waals surface area contributed by atoms with E-state index in [-0.39, 0.29) is 18.2 Å². The summed E-state index contributed by atoms with van der Waals surface area (Å²) < 4.78 is 11.0. The lowest BCUT2D eigenvalue weighted by Crippen LogP contribution is -2.40. The summed E-state index contributed by atoms with van der Waals surface area (Å²) in [6.45, 7) is 6.90. The fraction of sp³-hybridized carbons (Fsp3) is 0.471. The van der Waals surface area contributed by atoms with Gasteiger partial charge in [0.1, 0.15) is 17.6 Å². The molecule has 128 valence electrons. The maximum absolute atomic E-state index is 12.5. The van der Waals surface area contributed by atoms with E-state index in [2.05, 4.69) is 15.5 Å². The highest BCUT2D eigenvalue weighted by Gasteiger charge is 2.29. The molecule has 2 amide bonds. The monoisotopic (exact) mass is 330 g/mol. The Labute approximate surface area is 141 Å². The molecule has 3 heterocycles. The van der Waals surface area contributed by atoms with Crippen molar-refractivity contribution in [3.05, 3.63) is 41.5 Å². The molecule has 2 aromatic rings. The number of nitrogens with zero attached hydrogens (tertiary/aromatic N) is 3. The van der Waals surface area contributed by atoms with Crippen LogP contribution in [-0.2, 0) is 0 Å². The number of pyridine rings is 1. The molecule has 1 aliphatic heterocycles. The first-order valence-electron chi connectivity index (χ1n) is 8.09. The number of nitrogens with one attached hydrogen (secondary N) is 1. The zero-order chi connectivity index (χ0) is 17.1. The van der Waals surface area contributed by atoms with Gasteiger partial charge >= 0.3 is 6.03 Å². The summed E-state index contributed by atoms with van der Waals surface area (Å²) in [6.07, 6.45) is 4.19. The predicted molar refractivity (Wildman–Crippen MR) is 87.8 cm³/mol. The van der Waals surface area contributed by atoms with Crippen LogP contribution in [0, 0.1) is 13.8 Å². The van der Waals surface area contributed by atoms with Crippen LogP contribution in [0.3, 0.4) is 0 Å². The summed E-state index contributed by atoms with van der Waals surface area (Å²) in [7, 11) is 0. The van der Waals surface area contributed by atoms with E-state index < -0.39 is 0 Å². The van der Waals surface area contributed by atoms with Crippen molar-refractivity contribution in [2.24, 2.45) is 0 Å². The first-order chi connectivity index (χ1) is 11.5. The quantitative estimate of drug-likeness (QED) is 0.932. The van der Waals surface area contributed by atoms with Gasteiger partial charge in [0.15, 0.2) is 0 Å². The van der Waals surface area contributed by atoms with E-state index in [0.29, 0.717) is 13.1 Å². The number of rotatable bonds is 4. The van der Waals surface area contributed by atoms with Gasteiger partial charge < -0.3 is 19.5 Å². The fourth-order valence-electron chi connectivity index (χ4n) is 3.08. The molecule has 2 aromatic heterocycles. The molecule has 0 unspecified atom stereocenters. The Balaban J connectivity index is 1.55. The van der Waals surface area contributed by atoms with E-state index in [4.69, 9.17) is 9.26 Å². The van der Waals surface area contributed by atoms with Gasteiger partial charge in [-0.25, -0.2) is 4.79 Å². The topological polar surface area (TPSA) is 80.5 Å². The summed E-state index contributed by atoms with van der Waals surface area (Å²) >= 11 is 0. The van der Waals surface area contributed by atoms with Crippen molar-refractivity contribution in [3.63, 3.8) is 0 Å². The average Bonchev–Trinajstić information content (AvgIpc) is 3.15. The molecule has 0 aromatic carbocycles. The van der Waals surface area contributed by atoms with Crippen LogP contribution in [0.1, 0.15) is 36.4 Å². The lowest BCUT2D eigenvalue weighted by molar-refractivity contribution is 0.184. The van der Waals surface area contributed by atoms with E-state index >= 15 is 0 Å². The van der Waals surface area contributed by atoms with Gasteiger partial charge in [0.05, 0.1) is 24.5 Å². The third-order valence-corrected chi connectivity index (χ3v) is 4.23. The van der Waals surface area contributed by atoms with Gasteiger partial charge in [-0.3, -0.25) is 4.98 Å². The van der Waals surface area contributed by atoms with Gasteiger partial charge in [0, 0.05) is 24.7 Å². The molecule has 1 aliphatic rings. The summed E-state index contributed by atoms with van der Waals surface area (Å²) in [4.78, 5) is 18.3. The maximum atomic E-state index is 12.5. The molecule has 0 aliphatic carbocycles. The Kier molecular flexibility index (Phi) is 4.69. The van der Waals surface area contributed by atoms with E-state index in [1.54, 1.807) is 17.3 Å². The number of aryl methyl sites for hydroxylation is 2. The highest BCUT2D eigenvalue weighted by atomic mass is 16.5. The number of aromatic nitrogens is 2.